The van der Waals surface area contributed by atoms with Crippen molar-refractivity contribution in [2.45, 2.75) is 0 Å². The number of aliphatic hydroxyl groups is 1. The molecule has 0 amide bonds. The van der Waals surface area contributed by atoms with Crippen LogP contribution in [0.15, 0.2) is 0 Å². The third kappa shape index (κ3) is 4.86. The van der Waals surface area contributed by atoms with Gasteiger partial charge < -0.3 is 5.11 Å². The van der Waals surface area contributed by atoms with E-state index in [-0.39, 0.29) is 29.6 Å². The average molecular weight is 163 g/mol. The van der Waals surface area contributed by atoms with E-state index >= 15 is 0 Å². The molecule has 0 saturated carbocycles. The Morgan fingerprint density at radius 1 is 1.44 bits per heavy atom. The number of carbonyl (C=O) groups excluding carboxylic acids is 1. The predicted molar refractivity (Wildman–Crippen MR) is 29.6 cm³/mol. The fourth-order valence-electron chi connectivity index (χ4n) is 0.117. The molecule has 7 heteroatoms. The maximum Gasteiger partial charge on any atom is 0.541 e. The molecule has 49 valence electrons. The molecular formula is C2H4NaO5S. The van der Waals surface area contributed by atoms with E-state index in [1.807, 2.05) is 0 Å². The van der Waals surface area contributed by atoms with Crippen LogP contribution >= 0.6 is 0 Å². The fraction of sp³-hybridized carbons (Fsp3) is 0.500. The van der Waals surface area contributed by atoms with Gasteiger partial charge in [-0.2, -0.15) is 4.21 Å². The van der Waals surface area contributed by atoms with Gasteiger partial charge in [-0.3, -0.25) is 8.37 Å². The third-order valence-electron chi connectivity index (χ3n) is 0.272. The van der Waals surface area contributed by atoms with E-state index in [9.17, 15) is 9.00 Å². The molecular weight excluding hydrogens is 159 g/mol. The second kappa shape index (κ2) is 6.50. The molecule has 1 radical (unpaired) electrons. The van der Waals surface area contributed by atoms with Crippen LogP contribution in [0.1, 0.15) is 0 Å². The van der Waals surface area contributed by atoms with E-state index in [1.165, 1.54) is 0 Å². The van der Waals surface area contributed by atoms with Gasteiger partial charge in [0.1, 0.15) is 0 Å². The fourth-order valence-corrected chi connectivity index (χ4v) is 0.352. The molecule has 1 heterocycles. The summed E-state index contributed by atoms with van der Waals surface area (Å²) in [5, 5.41) is 7.00. The van der Waals surface area contributed by atoms with Crippen LogP contribution in [-0.4, -0.2) is 52.1 Å². The largest absolute Gasteiger partial charge is 0.541 e. The minimum Gasteiger partial charge on any atom is -0.400 e. The maximum atomic E-state index is 9.56. The molecule has 1 aliphatic rings. The van der Waals surface area contributed by atoms with Gasteiger partial charge in [0, 0.05) is 36.7 Å². The van der Waals surface area contributed by atoms with Gasteiger partial charge >= 0.3 is 17.5 Å². The monoisotopic (exact) mass is 163 g/mol. The summed E-state index contributed by atoms with van der Waals surface area (Å²) < 4.78 is 17.1. The first-order valence-electron chi connectivity index (χ1n) is 1.56. The van der Waals surface area contributed by atoms with Crippen molar-refractivity contribution >= 4 is 47.1 Å². The zero-order valence-corrected chi connectivity index (χ0v) is 7.80. The molecule has 5 nitrogen and oxygen atoms in total. The van der Waals surface area contributed by atoms with Crippen LogP contribution in [0.25, 0.3) is 0 Å². The smallest absolute Gasteiger partial charge is 0.400 e. The minimum atomic E-state index is -1.77. The van der Waals surface area contributed by atoms with Gasteiger partial charge in [0.05, 0.1) is 0 Å². The molecule has 0 unspecified atom stereocenters. The molecule has 1 fully saturated rings. The SMILES string of the molecule is CO.O=C1OS(=O)O1.[Na]. The van der Waals surface area contributed by atoms with Crippen molar-refractivity contribution in [1.82, 2.24) is 0 Å². The van der Waals surface area contributed by atoms with E-state index in [2.05, 4.69) is 8.37 Å². The van der Waals surface area contributed by atoms with E-state index in [0.29, 0.717) is 0 Å². The van der Waals surface area contributed by atoms with Gasteiger partial charge in [0.25, 0.3) is 0 Å². The van der Waals surface area contributed by atoms with Crippen molar-refractivity contribution in [3.63, 3.8) is 0 Å². The maximum absolute atomic E-state index is 9.56. The molecule has 9 heavy (non-hydrogen) atoms. The molecule has 1 aliphatic heterocycles. The van der Waals surface area contributed by atoms with Gasteiger partial charge in [-0.1, -0.05) is 0 Å². The summed E-state index contributed by atoms with van der Waals surface area (Å²) in [4.78, 5) is 9.47. The van der Waals surface area contributed by atoms with Crippen molar-refractivity contribution < 1.29 is 22.5 Å². The Labute approximate surface area is 76.5 Å². The van der Waals surface area contributed by atoms with E-state index in [0.717, 1.165) is 7.11 Å². The Balaban J connectivity index is 0. The first kappa shape index (κ1) is 12.1. The van der Waals surface area contributed by atoms with Crippen LogP contribution in [-0.2, 0) is 19.7 Å². The van der Waals surface area contributed by atoms with Crippen LogP contribution in [0.2, 0.25) is 0 Å². The summed E-state index contributed by atoms with van der Waals surface area (Å²) in [5.41, 5.74) is 0. The number of aliphatic hydroxyl groups excluding tert-OH is 1. The summed E-state index contributed by atoms with van der Waals surface area (Å²) >= 11 is -1.77. The van der Waals surface area contributed by atoms with Crippen LogP contribution in [0, 0.1) is 0 Å². The van der Waals surface area contributed by atoms with Crippen LogP contribution in [0.4, 0.5) is 4.79 Å². The quantitative estimate of drug-likeness (QED) is 0.462. The molecule has 0 aliphatic carbocycles. The molecule has 1 N–H and O–H groups in total. The summed E-state index contributed by atoms with van der Waals surface area (Å²) in [6.45, 7) is 0. The average Bonchev–Trinajstić information content (AvgIpc) is 1.70. The second-order valence-corrected chi connectivity index (χ2v) is 1.36. The zero-order chi connectivity index (χ0) is 6.57. The molecule has 0 bridgehead atoms. The van der Waals surface area contributed by atoms with E-state index in [4.69, 9.17) is 5.11 Å². The third-order valence-corrected chi connectivity index (χ3v) is 0.816. The van der Waals surface area contributed by atoms with Crippen LogP contribution < -0.4 is 0 Å². The summed E-state index contributed by atoms with van der Waals surface area (Å²) in [7, 11) is 1.00. The topological polar surface area (TPSA) is 72.8 Å². The van der Waals surface area contributed by atoms with Gasteiger partial charge in [-0.15, -0.1) is 0 Å². The number of hydrogen-bond donors (Lipinski definition) is 1. The first-order chi connectivity index (χ1) is 3.79. The number of carbonyl (C=O) groups is 1. The van der Waals surface area contributed by atoms with Gasteiger partial charge in [0.15, 0.2) is 0 Å². The Morgan fingerprint density at radius 3 is 1.78 bits per heavy atom. The van der Waals surface area contributed by atoms with E-state index < -0.39 is 17.5 Å². The molecule has 0 aromatic carbocycles. The van der Waals surface area contributed by atoms with Gasteiger partial charge in [0.2, 0.25) is 0 Å². The normalized spacial score (nSPS) is 14.7. The zero-order valence-electron chi connectivity index (χ0n) is 4.99. The van der Waals surface area contributed by atoms with Crippen molar-refractivity contribution in [2.75, 3.05) is 7.11 Å². The molecule has 0 spiro atoms. The number of rotatable bonds is 0. The second-order valence-electron chi connectivity index (χ2n) is 0.621. The molecule has 0 aromatic heterocycles. The Bertz CT molecular complexity index is 91.5. The Kier molecular flexibility index (Phi) is 8.73. The Hall–Kier alpha value is 0.380. The number of hydrogen-bond acceptors (Lipinski definition) is 5. The molecule has 0 atom stereocenters. The predicted octanol–water partition coefficient (Wildman–Crippen LogP) is -1.04. The van der Waals surface area contributed by atoms with Crippen LogP contribution in [0.3, 0.4) is 0 Å². The molecule has 1 rings (SSSR count). The van der Waals surface area contributed by atoms with Crippen LogP contribution in [0.5, 0.6) is 0 Å². The van der Waals surface area contributed by atoms with Gasteiger partial charge in [-0.05, 0) is 0 Å². The molecule has 1 saturated heterocycles. The summed E-state index contributed by atoms with van der Waals surface area (Å²) in [5.74, 6) is 0. The van der Waals surface area contributed by atoms with Gasteiger partial charge in [-0.25, -0.2) is 4.79 Å². The molecule has 0 aromatic rings. The first-order valence-corrected chi connectivity index (χ1v) is 2.56. The minimum absolute atomic E-state index is 0. The Morgan fingerprint density at radius 2 is 1.78 bits per heavy atom. The summed E-state index contributed by atoms with van der Waals surface area (Å²) in [6.07, 6.45) is -0.867. The summed E-state index contributed by atoms with van der Waals surface area (Å²) in [6, 6.07) is 0. The van der Waals surface area contributed by atoms with Crippen molar-refractivity contribution in [2.24, 2.45) is 0 Å². The van der Waals surface area contributed by atoms with E-state index in [1.54, 1.807) is 0 Å². The van der Waals surface area contributed by atoms with Crippen molar-refractivity contribution in [1.29, 1.82) is 0 Å². The van der Waals surface area contributed by atoms with Crippen molar-refractivity contribution in [3.05, 3.63) is 0 Å². The standard InChI is InChI=1S/CO4S.CH4O.Na/c2-1-4-6(3)5-1;1-2;/h;2H,1H3;. The van der Waals surface area contributed by atoms with Crippen molar-refractivity contribution in [3.8, 4) is 0 Å².